The molecule has 5 rings (SSSR count). The summed E-state index contributed by atoms with van der Waals surface area (Å²) in [6, 6.07) is 15.4. The number of ether oxygens (including phenoxy) is 2. The molecule has 0 radical (unpaired) electrons. The Morgan fingerprint density at radius 2 is 1.83 bits per heavy atom. The first-order chi connectivity index (χ1) is 17.1. The highest BCUT2D eigenvalue weighted by molar-refractivity contribution is 7.14. The van der Waals surface area contributed by atoms with Gasteiger partial charge < -0.3 is 14.4 Å². The van der Waals surface area contributed by atoms with Gasteiger partial charge in [0.25, 0.3) is 0 Å². The summed E-state index contributed by atoms with van der Waals surface area (Å²) in [6.45, 7) is 5.55. The molecule has 2 aliphatic heterocycles. The number of thiazole rings is 1. The van der Waals surface area contributed by atoms with Gasteiger partial charge in [0, 0.05) is 51.1 Å². The van der Waals surface area contributed by atoms with Crippen LogP contribution in [0.2, 0.25) is 0 Å². The van der Waals surface area contributed by atoms with Crippen molar-refractivity contribution in [1.29, 1.82) is 0 Å². The number of fused-ring (bicyclic) bond motifs is 1. The molecule has 2 aromatic carbocycles. The quantitative estimate of drug-likeness (QED) is 0.488. The van der Waals surface area contributed by atoms with Crippen molar-refractivity contribution < 1.29 is 19.1 Å². The van der Waals surface area contributed by atoms with Gasteiger partial charge in [0.2, 0.25) is 18.6 Å². The van der Waals surface area contributed by atoms with Crippen molar-refractivity contribution in [1.82, 2.24) is 14.8 Å². The lowest BCUT2D eigenvalue weighted by atomic mass is 10.1. The molecular weight excluding hydrogens is 464 g/mol. The highest BCUT2D eigenvalue weighted by Gasteiger charge is 2.21. The third kappa shape index (κ3) is 5.36. The highest BCUT2D eigenvalue weighted by atomic mass is 32.1. The molecule has 0 aliphatic carbocycles. The molecule has 8 nitrogen and oxygen atoms in total. The van der Waals surface area contributed by atoms with Crippen molar-refractivity contribution in [3.05, 3.63) is 71.2 Å². The number of hydrogen-bond acceptors (Lipinski definition) is 7. The number of piperazine rings is 1. The molecule has 2 amide bonds. The SMILES string of the molecule is CC(=O)N(c1ccccc1)c1nc(C=CC(=O)N2CCN(Cc3ccc4c(c3)OCO4)CC2)cs1. The van der Waals surface area contributed by atoms with E-state index in [2.05, 4.69) is 16.0 Å². The van der Waals surface area contributed by atoms with Gasteiger partial charge in [-0.25, -0.2) is 4.98 Å². The number of carbonyl (C=O) groups excluding carboxylic acids is 2. The van der Waals surface area contributed by atoms with E-state index < -0.39 is 0 Å². The molecule has 2 aliphatic rings. The first-order valence-electron chi connectivity index (χ1n) is 11.5. The predicted molar refractivity (Wildman–Crippen MR) is 135 cm³/mol. The first-order valence-corrected chi connectivity index (χ1v) is 12.3. The van der Waals surface area contributed by atoms with E-state index in [0.717, 1.165) is 36.8 Å². The van der Waals surface area contributed by atoms with Gasteiger partial charge in [-0.15, -0.1) is 11.3 Å². The summed E-state index contributed by atoms with van der Waals surface area (Å²) in [5.74, 6) is 1.43. The number of benzene rings is 2. The second-order valence-electron chi connectivity index (χ2n) is 8.37. The summed E-state index contributed by atoms with van der Waals surface area (Å²) in [6.07, 6.45) is 3.28. The first kappa shape index (κ1) is 23.1. The minimum absolute atomic E-state index is 0.0336. The van der Waals surface area contributed by atoms with E-state index in [9.17, 15) is 9.59 Å². The van der Waals surface area contributed by atoms with E-state index in [-0.39, 0.29) is 18.6 Å². The number of amides is 2. The monoisotopic (exact) mass is 490 g/mol. The van der Waals surface area contributed by atoms with Gasteiger partial charge in [0.15, 0.2) is 16.6 Å². The molecule has 35 heavy (non-hydrogen) atoms. The van der Waals surface area contributed by atoms with Crippen molar-refractivity contribution in [2.45, 2.75) is 13.5 Å². The number of nitrogens with zero attached hydrogens (tertiary/aromatic N) is 4. The van der Waals surface area contributed by atoms with Gasteiger partial charge in [-0.2, -0.15) is 0 Å². The van der Waals surface area contributed by atoms with Crippen LogP contribution in [0.4, 0.5) is 10.8 Å². The van der Waals surface area contributed by atoms with Crippen molar-refractivity contribution in [3.63, 3.8) is 0 Å². The molecule has 3 heterocycles. The summed E-state index contributed by atoms with van der Waals surface area (Å²) < 4.78 is 10.8. The molecule has 0 bridgehead atoms. The predicted octanol–water partition coefficient (Wildman–Crippen LogP) is 3.91. The van der Waals surface area contributed by atoms with Gasteiger partial charge >= 0.3 is 0 Å². The molecule has 180 valence electrons. The molecule has 0 spiro atoms. The van der Waals surface area contributed by atoms with Crippen molar-refractivity contribution in [3.8, 4) is 11.5 Å². The van der Waals surface area contributed by atoms with Crippen LogP contribution < -0.4 is 14.4 Å². The van der Waals surface area contributed by atoms with Crippen molar-refractivity contribution in [2.75, 3.05) is 37.9 Å². The van der Waals surface area contributed by atoms with E-state index in [4.69, 9.17) is 9.47 Å². The van der Waals surface area contributed by atoms with Crippen LogP contribution in [0.15, 0.2) is 60.0 Å². The average Bonchev–Trinajstić information content (AvgIpc) is 3.53. The molecule has 1 aromatic heterocycles. The minimum atomic E-state index is -0.115. The number of para-hydroxylation sites is 1. The lowest BCUT2D eigenvalue weighted by molar-refractivity contribution is -0.127. The Hall–Kier alpha value is -3.69. The van der Waals surface area contributed by atoms with Crippen LogP contribution >= 0.6 is 11.3 Å². The van der Waals surface area contributed by atoms with Crippen LogP contribution in [-0.2, 0) is 16.1 Å². The fourth-order valence-corrected chi connectivity index (χ4v) is 5.00. The molecule has 1 fully saturated rings. The number of rotatable bonds is 6. The zero-order valence-corrected chi connectivity index (χ0v) is 20.2. The molecule has 0 saturated carbocycles. The van der Waals surface area contributed by atoms with E-state index >= 15 is 0 Å². The number of carbonyl (C=O) groups is 2. The minimum Gasteiger partial charge on any atom is -0.454 e. The normalized spacial score (nSPS) is 15.5. The standard InChI is InChI=1S/C26H26N4O4S/c1-19(31)30(22-5-3-2-4-6-22)26-27-21(17-35-26)8-10-25(32)29-13-11-28(12-14-29)16-20-7-9-23-24(15-20)34-18-33-23/h2-10,15,17H,11-14,16,18H2,1H3. The van der Waals surface area contributed by atoms with Crippen molar-refractivity contribution in [2.24, 2.45) is 0 Å². The van der Waals surface area contributed by atoms with Gasteiger partial charge in [-0.05, 0) is 35.9 Å². The van der Waals surface area contributed by atoms with E-state index in [1.54, 1.807) is 17.1 Å². The summed E-state index contributed by atoms with van der Waals surface area (Å²) in [5, 5.41) is 2.43. The number of anilines is 2. The van der Waals surface area contributed by atoms with E-state index in [1.807, 2.05) is 52.7 Å². The second-order valence-corrected chi connectivity index (χ2v) is 9.20. The average molecular weight is 491 g/mol. The van der Waals surface area contributed by atoms with Crippen LogP contribution in [0.5, 0.6) is 11.5 Å². The summed E-state index contributed by atoms with van der Waals surface area (Å²) in [4.78, 5) is 35.3. The Labute approximate surface area is 208 Å². The summed E-state index contributed by atoms with van der Waals surface area (Å²) >= 11 is 1.37. The molecule has 1 saturated heterocycles. The zero-order chi connectivity index (χ0) is 24.2. The Morgan fingerprint density at radius 3 is 2.60 bits per heavy atom. The fourth-order valence-electron chi connectivity index (χ4n) is 4.15. The van der Waals surface area contributed by atoms with E-state index in [0.29, 0.717) is 23.9 Å². The Bertz CT molecular complexity index is 1240. The lowest BCUT2D eigenvalue weighted by Gasteiger charge is -2.34. The third-order valence-electron chi connectivity index (χ3n) is 5.95. The topological polar surface area (TPSA) is 75.2 Å². The van der Waals surface area contributed by atoms with Crippen LogP contribution in [0.25, 0.3) is 6.08 Å². The van der Waals surface area contributed by atoms with Crippen LogP contribution in [0, 0.1) is 0 Å². The Kier molecular flexibility index (Phi) is 6.78. The fraction of sp³-hybridized carbons (Fsp3) is 0.269. The molecule has 0 atom stereocenters. The van der Waals surface area contributed by atoms with Crippen LogP contribution in [0.1, 0.15) is 18.2 Å². The number of hydrogen-bond donors (Lipinski definition) is 0. The molecule has 9 heteroatoms. The maximum absolute atomic E-state index is 12.7. The number of aromatic nitrogens is 1. The van der Waals surface area contributed by atoms with Crippen LogP contribution in [0.3, 0.4) is 0 Å². The van der Waals surface area contributed by atoms with Gasteiger partial charge in [0.05, 0.1) is 11.4 Å². The Balaban J connectivity index is 1.15. The maximum atomic E-state index is 12.7. The van der Waals surface area contributed by atoms with Gasteiger partial charge in [0.1, 0.15) is 0 Å². The van der Waals surface area contributed by atoms with Crippen LogP contribution in [-0.4, -0.2) is 59.6 Å². The molecular formula is C26H26N4O4S. The lowest BCUT2D eigenvalue weighted by Crippen LogP contribution is -2.47. The molecule has 0 unspecified atom stereocenters. The third-order valence-corrected chi connectivity index (χ3v) is 6.80. The summed E-state index contributed by atoms with van der Waals surface area (Å²) in [7, 11) is 0. The molecule has 0 N–H and O–H groups in total. The smallest absolute Gasteiger partial charge is 0.246 e. The highest BCUT2D eigenvalue weighted by Crippen LogP contribution is 2.33. The largest absolute Gasteiger partial charge is 0.454 e. The molecule has 3 aromatic rings. The van der Waals surface area contributed by atoms with E-state index in [1.165, 1.54) is 23.8 Å². The van der Waals surface area contributed by atoms with Gasteiger partial charge in [-0.1, -0.05) is 24.3 Å². The zero-order valence-electron chi connectivity index (χ0n) is 19.4. The van der Waals surface area contributed by atoms with Gasteiger partial charge in [-0.3, -0.25) is 19.4 Å². The summed E-state index contributed by atoms with van der Waals surface area (Å²) in [5.41, 5.74) is 2.59. The maximum Gasteiger partial charge on any atom is 0.246 e. The second kappa shape index (κ2) is 10.3. The Morgan fingerprint density at radius 1 is 1.06 bits per heavy atom. The van der Waals surface area contributed by atoms with Crippen molar-refractivity contribution >= 4 is 40.0 Å².